The highest BCUT2D eigenvalue weighted by Gasteiger charge is 2.21. The first kappa shape index (κ1) is 15.8. The maximum Gasteiger partial charge on any atom is 0.0469 e. The van der Waals surface area contributed by atoms with E-state index in [2.05, 4.69) is 42.5 Å². The van der Waals surface area contributed by atoms with E-state index in [9.17, 15) is 0 Å². The summed E-state index contributed by atoms with van der Waals surface area (Å²) in [6.45, 7) is 3.59. The maximum absolute atomic E-state index is 6.01. The van der Waals surface area contributed by atoms with Crippen molar-refractivity contribution in [2.24, 2.45) is 11.7 Å². The summed E-state index contributed by atoms with van der Waals surface area (Å²) in [5.41, 5.74) is 7.33. The highest BCUT2D eigenvalue weighted by Crippen LogP contribution is 2.24. The van der Waals surface area contributed by atoms with Crippen molar-refractivity contribution >= 4 is 11.8 Å². The van der Waals surface area contributed by atoms with Gasteiger partial charge < -0.3 is 10.5 Å². The number of ether oxygens (including phenoxy) is 1. The summed E-state index contributed by atoms with van der Waals surface area (Å²) in [6, 6.07) is 9.11. The molecule has 0 aromatic heterocycles. The zero-order chi connectivity index (χ0) is 14.4. The molecular formula is C16H26N2OS. The second-order valence-corrected chi connectivity index (χ2v) is 6.40. The van der Waals surface area contributed by atoms with Gasteiger partial charge >= 0.3 is 0 Å². The van der Waals surface area contributed by atoms with Gasteiger partial charge in [0.25, 0.3) is 0 Å². The molecule has 3 nitrogen and oxygen atoms in total. The van der Waals surface area contributed by atoms with Crippen LogP contribution >= 0.6 is 11.8 Å². The van der Waals surface area contributed by atoms with Crippen LogP contribution in [0.3, 0.4) is 0 Å². The number of thioether (sulfide) groups is 1. The van der Waals surface area contributed by atoms with Gasteiger partial charge in [0, 0.05) is 37.2 Å². The first-order valence-electron chi connectivity index (χ1n) is 7.36. The topological polar surface area (TPSA) is 38.5 Å². The first-order valence-corrected chi connectivity index (χ1v) is 8.59. The lowest BCUT2D eigenvalue weighted by Gasteiger charge is -2.32. The van der Waals surface area contributed by atoms with E-state index in [-0.39, 0.29) is 0 Å². The minimum atomic E-state index is 0.314. The summed E-state index contributed by atoms with van der Waals surface area (Å²) in [4.78, 5) is 3.71. The Hall–Kier alpha value is -0.550. The van der Waals surface area contributed by atoms with E-state index in [1.807, 2.05) is 0 Å². The van der Waals surface area contributed by atoms with Gasteiger partial charge in [0.1, 0.15) is 0 Å². The molecule has 0 spiro atoms. The van der Waals surface area contributed by atoms with Gasteiger partial charge in [-0.05, 0) is 49.8 Å². The van der Waals surface area contributed by atoms with Crippen LogP contribution in [0.15, 0.2) is 29.2 Å². The van der Waals surface area contributed by atoms with E-state index in [1.54, 1.807) is 11.8 Å². The minimum absolute atomic E-state index is 0.314. The van der Waals surface area contributed by atoms with Gasteiger partial charge in [0.2, 0.25) is 0 Å². The average molecular weight is 294 g/mol. The summed E-state index contributed by atoms with van der Waals surface area (Å²) in [5.74, 6) is 0.744. The molecule has 20 heavy (non-hydrogen) atoms. The van der Waals surface area contributed by atoms with Crippen LogP contribution in [0.25, 0.3) is 0 Å². The van der Waals surface area contributed by atoms with Crippen molar-refractivity contribution < 1.29 is 4.74 Å². The summed E-state index contributed by atoms with van der Waals surface area (Å²) in [6.07, 6.45) is 4.45. The second-order valence-electron chi connectivity index (χ2n) is 5.52. The number of hydrogen-bond donors (Lipinski definition) is 1. The van der Waals surface area contributed by atoms with Crippen molar-refractivity contribution in [1.82, 2.24) is 4.90 Å². The minimum Gasteiger partial charge on any atom is -0.381 e. The highest BCUT2D eigenvalue weighted by molar-refractivity contribution is 7.98. The summed E-state index contributed by atoms with van der Waals surface area (Å²) in [7, 11) is 2.19. The van der Waals surface area contributed by atoms with Gasteiger partial charge in [-0.15, -0.1) is 11.8 Å². The Morgan fingerprint density at radius 3 is 2.50 bits per heavy atom. The van der Waals surface area contributed by atoms with Crippen molar-refractivity contribution in [3.8, 4) is 0 Å². The number of nitrogens with zero attached hydrogens (tertiary/aromatic N) is 1. The monoisotopic (exact) mass is 294 g/mol. The lowest BCUT2D eigenvalue weighted by atomic mass is 9.98. The van der Waals surface area contributed by atoms with E-state index in [4.69, 9.17) is 10.5 Å². The van der Waals surface area contributed by atoms with Crippen molar-refractivity contribution in [1.29, 1.82) is 0 Å². The zero-order valence-electron chi connectivity index (χ0n) is 12.5. The smallest absolute Gasteiger partial charge is 0.0469 e. The number of hydrogen-bond acceptors (Lipinski definition) is 4. The van der Waals surface area contributed by atoms with E-state index in [0.29, 0.717) is 12.6 Å². The molecule has 1 atom stereocenters. The molecule has 1 aromatic rings. The number of likely N-dealkylation sites (N-methyl/N-ethyl adjacent to an activating group) is 1. The van der Waals surface area contributed by atoms with Crippen molar-refractivity contribution in [2.45, 2.75) is 23.8 Å². The lowest BCUT2D eigenvalue weighted by molar-refractivity contribution is 0.0507. The zero-order valence-corrected chi connectivity index (χ0v) is 13.4. The quantitative estimate of drug-likeness (QED) is 0.819. The molecule has 112 valence electrons. The molecular weight excluding hydrogens is 268 g/mol. The summed E-state index contributed by atoms with van der Waals surface area (Å²) >= 11 is 1.77. The van der Waals surface area contributed by atoms with Crippen molar-refractivity contribution in [2.75, 3.05) is 39.6 Å². The molecule has 0 bridgehead atoms. The van der Waals surface area contributed by atoms with Crippen LogP contribution in [0, 0.1) is 5.92 Å². The fourth-order valence-electron chi connectivity index (χ4n) is 2.86. The molecule has 1 unspecified atom stereocenters. The molecule has 1 aromatic carbocycles. The van der Waals surface area contributed by atoms with Crippen LogP contribution in [-0.2, 0) is 4.74 Å². The predicted molar refractivity (Wildman–Crippen MR) is 86.2 cm³/mol. The Bertz CT molecular complexity index is 390. The van der Waals surface area contributed by atoms with Gasteiger partial charge in [-0.2, -0.15) is 0 Å². The molecule has 2 rings (SSSR count). The standard InChI is InChI=1S/C16H26N2OS/c1-18(12-13-7-9-19-10-8-13)16(11-17)14-3-5-15(20-2)6-4-14/h3-6,13,16H,7-12,17H2,1-2H3. The fourth-order valence-corrected chi connectivity index (χ4v) is 3.27. The number of nitrogens with two attached hydrogens (primary N) is 1. The van der Waals surface area contributed by atoms with Gasteiger partial charge in [0.15, 0.2) is 0 Å². The molecule has 1 fully saturated rings. The Balaban J connectivity index is 1.98. The maximum atomic E-state index is 6.01. The highest BCUT2D eigenvalue weighted by atomic mass is 32.2. The molecule has 0 radical (unpaired) electrons. The molecule has 1 aliphatic heterocycles. The van der Waals surface area contributed by atoms with Crippen LogP contribution < -0.4 is 5.73 Å². The Morgan fingerprint density at radius 1 is 1.30 bits per heavy atom. The predicted octanol–water partition coefficient (Wildman–Crippen LogP) is 2.77. The van der Waals surface area contributed by atoms with Gasteiger partial charge in [-0.3, -0.25) is 4.90 Å². The Labute approximate surface area is 126 Å². The molecule has 0 saturated carbocycles. The third-order valence-corrected chi connectivity index (χ3v) is 4.89. The van der Waals surface area contributed by atoms with Gasteiger partial charge in [-0.25, -0.2) is 0 Å². The fraction of sp³-hybridized carbons (Fsp3) is 0.625. The van der Waals surface area contributed by atoms with Crippen LogP contribution in [0.4, 0.5) is 0 Å². The van der Waals surface area contributed by atoms with Crippen LogP contribution in [-0.4, -0.2) is 44.5 Å². The third kappa shape index (κ3) is 4.22. The van der Waals surface area contributed by atoms with Crippen LogP contribution in [0.1, 0.15) is 24.4 Å². The normalized spacial score (nSPS) is 18.4. The van der Waals surface area contributed by atoms with E-state index in [1.165, 1.54) is 23.3 Å². The molecule has 2 N–H and O–H groups in total. The molecule has 0 amide bonds. The van der Waals surface area contributed by atoms with E-state index >= 15 is 0 Å². The second kappa shape index (κ2) is 8.03. The summed E-state index contributed by atoms with van der Waals surface area (Å²) in [5, 5.41) is 0. The molecule has 1 aliphatic rings. The van der Waals surface area contributed by atoms with Crippen molar-refractivity contribution in [3.05, 3.63) is 29.8 Å². The SMILES string of the molecule is CSc1ccc(C(CN)N(C)CC2CCOCC2)cc1. The number of benzene rings is 1. The molecule has 1 heterocycles. The lowest BCUT2D eigenvalue weighted by Crippen LogP contribution is -2.36. The summed E-state index contributed by atoms with van der Waals surface area (Å²) < 4.78 is 5.43. The number of rotatable bonds is 6. The van der Waals surface area contributed by atoms with Crippen molar-refractivity contribution in [3.63, 3.8) is 0 Å². The molecule has 1 saturated heterocycles. The first-order chi connectivity index (χ1) is 9.74. The van der Waals surface area contributed by atoms with Crippen LogP contribution in [0.5, 0.6) is 0 Å². The molecule has 4 heteroatoms. The molecule has 0 aliphatic carbocycles. The Kier molecular flexibility index (Phi) is 6.36. The van der Waals surface area contributed by atoms with E-state index in [0.717, 1.165) is 25.7 Å². The van der Waals surface area contributed by atoms with Gasteiger partial charge in [-0.1, -0.05) is 12.1 Å². The largest absolute Gasteiger partial charge is 0.381 e. The van der Waals surface area contributed by atoms with Gasteiger partial charge in [0.05, 0.1) is 0 Å². The Morgan fingerprint density at radius 2 is 1.95 bits per heavy atom. The third-order valence-electron chi connectivity index (χ3n) is 4.14. The van der Waals surface area contributed by atoms with Crippen LogP contribution in [0.2, 0.25) is 0 Å². The van der Waals surface area contributed by atoms with E-state index < -0.39 is 0 Å². The average Bonchev–Trinajstić information content (AvgIpc) is 2.49.